The first-order valence-corrected chi connectivity index (χ1v) is 8.17. The zero-order valence-corrected chi connectivity index (χ0v) is 14.0. The van der Waals surface area contributed by atoms with Gasteiger partial charge in [0.05, 0.1) is 11.6 Å². The number of rotatable bonds is 5. The smallest absolute Gasteiger partial charge is 0.133 e. The van der Waals surface area contributed by atoms with Crippen molar-refractivity contribution in [2.45, 2.75) is 38.3 Å². The molecule has 2 unspecified atom stereocenters. The van der Waals surface area contributed by atoms with Crippen LogP contribution in [0.5, 0.6) is 5.75 Å². The number of methoxy groups -OCH3 is 1. The summed E-state index contributed by atoms with van der Waals surface area (Å²) in [6.07, 6.45) is 5.21. The van der Waals surface area contributed by atoms with Gasteiger partial charge in [0.2, 0.25) is 0 Å². The molecule has 1 aromatic rings. The molecule has 112 valence electrons. The lowest BCUT2D eigenvalue weighted by molar-refractivity contribution is 0.127. The van der Waals surface area contributed by atoms with Gasteiger partial charge in [-0.2, -0.15) is 0 Å². The summed E-state index contributed by atoms with van der Waals surface area (Å²) in [6.45, 7) is 1.77. The van der Waals surface area contributed by atoms with Crippen molar-refractivity contribution in [3.05, 3.63) is 28.2 Å². The zero-order chi connectivity index (χ0) is 14.5. The Balaban J connectivity index is 2.03. The van der Waals surface area contributed by atoms with Crippen LogP contribution in [0.25, 0.3) is 0 Å². The predicted molar refractivity (Wildman–Crippen MR) is 87.0 cm³/mol. The van der Waals surface area contributed by atoms with E-state index in [-0.39, 0.29) is 0 Å². The fourth-order valence-electron chi connectivity index (χ4n) is 3.26. The molecule has 0 aliphatic heterocycles. The molecule has 0 spiro atoms. The third kappa shape index (κ3) is 3.74. The fraction of sp³-hybridized carbons (Fsp3) is 0.625. The molecule has 0 aromatic heterocycles. The summed E-state index contributed by atoms with van der Waals surface area (Å²) in [5.74, 6) is 1.53. The van der Waals surface area contributed by atoms with Crippen LogP contribution in [0.1, 0.15) is 31.2 Å². The predicted octanol–water partition coefficient (Wildman–Crippen LogP) is 3.41. The van der Waals surface area contributed by atoms with Crippen molar-refractivity contribution in [3.63, 3.8) is 0 Å². The van der Waals surface area contributed by atoms with Crippen LogP contribution in [0, 0.1) is 5.92 Å². The molecule has 2 atom stereocenters. The van der Waals surface area contributed by atoms with Crippen LogP contribution in [0.3, 0.4) is 0 Å². The van der Waals surface area contributed by atoms with Gasteiger partial charge in [-0.25, -0.2) is 0 Å². The average molecular weight is 341 g/mol. The molecule has 4 heteroatoms. The number of nitrogens with zero attached hydrogens (tertiary/aromatic N) is 1. The van der Waals surface area contributed by atoms with Gasteiger partial charge in [0, 0.05) is 12.6 Å². The van der Waals surface area contributed by atoms with Gasteiger partial charge in [-0.1, -0.05) is 18.9 Å². The second-order valence-corrected chi connectivity index (χ2v) is 6.59. The van der Waals surface area contributed by atoms with E-state index < -0.39 is 0 Å². The van der Waals surface area contributed by atoms with Crippen LogP contribution in [0.2, 0.25) is 0 Å². The average Bonchev–Trinajstić information content (AvgIpc) is 2.47. The summed E-state index contributed by atoms with van der Waals surface area (Å²) >= 11 is 3.56. The van der Waals surface area contributed by atoms with E-state index in [1.807, 2.05) is 6.07 Å². The molecule has 1 aromatic carbocycles. The highest BCUT2D eigenvalue weighted by molar-refractivity contribution is 9.10. The SMILES string of the molecule is COc1ccc(CN(C)C2CCCCC2CN)cc1Br. The Bertz CT molecular complexity index is 438. The van der Waals surface area contributed by atoms with Gasteiger partial charge < -0.3 is 10.5 Å². The van der Waals surface area contributed by atoms with Crippen molar-refractivity contribution in [2.24, 2.45) is 11.7 Å². The van der Waals surface area contributed by atoms with Gasteiger partial charge in [-0.3, -0.25) is 4.90 Å². The van der Waals surface area contributed by atoms with Gasteiger partial charge in [-0.05, 0) is 66.0 Å². The Kier molecular flexibility index (Phi) is 5.87. The Morgan fingerprint density at radius 3 is 2.75 bits per heavy atom. The van der Waals surface area contributed by atoms with Crippen LogP contribution in [0.4, 0.5) is 0 Å². The highest BCUT2D eigenvalue weighted by Gasteiger charge is 2.27. The Morgan fingerprint density at radius 2 is 2.10 bits per heavy atom. The van der Waals surface area contributed by atoms with Crippen LogP contribution in [-0.4, -0.2) is 31.6 Å². The lowest BCUT2D eigenvalue weighted by Crippen LogP contribution is -2.42. The number of benzene rings is 1. The molecule has 0 radical (unpaired) electrons. The highest BCUT2D eigenvalue weighted by atomic mass is 79.9. The molecule has 0 saturated heterocycles. The maximum Gasteiger partial charge on any atom is 0.133 e. The largest absolute Gasteiger partial charge is 0.496 e. The molecule has 1 aliphatic carbocycles. The highest BCUT2D eigenvalue weighted by Crippen LogP contribution is 2.30. The minimum Gasteiger partial charge on any atom is -0.496 e. The fourth-order valence-corrected chi connectivity index (χ4v) is 3.84. The molecular formula is C16H25BrN2O. The second kappa shape index (κ2) is 7.43. The van der Waals surface area contributed by atoms with E-state index in [0.29, 0.717) is 12.0 Å². The maximum atomic E-state index is 5.94. The monoisotopic (exact) mass is 340 g/mol. The summed E-state index contributed by atoms with van der Waals surface area (Å²) < 4.78 is 6.30. The summed E-state index contributed by atoms with van der Waals surface area (Å²) in [4.78, 5) is 2.46. The Hall–Kier alpha value is -0.580. The number of halogens is 1. The lowest BCUT2D eigenvalue weighted by Gasteiger charge is -2.37. The van der Waals surface area contributed by atoms with E-state index in [9.17, 15) is 0 Å². The van der Waals surface area contributed by atoms with Gasteiger partial charge in [0.15, 0.2) is 0 Å². The van der Waals surface area contributed by atoms with Crippen molar-refractivity contribution in [1.29, 1.82) is 0 Å². The molecule has 0 amide bonds. The maximum absolute atomic E-state index is 5.94. The minimum atomic E-state index is 0.620. The molecule has 1 fully saturated rings. The Morgan fingerprint density at radius 1 is 1.35 bits per heavy atom. The molecule has 1 aliphatic rings. The first kappa shape index (κ1) is 15.8. The standard InChI is InChI=1S/C16H25BrN2O/c1-19(15-6-4-3-5-13(15)10-18)11-12-7-8-16(20-2)14(17)9-12/h7-9,13,15H,3-6,10-11,18H2,1-2H3. The third-order valence-electron chi connectivity index (χ3n) is 4.39. The number of hydrogen-bond donors (Lipinski definition) is 1. The van der Waals surface area contributed by atoms with Crippen molar-refractivity contribution in [2.75, 3.05) is 20.7 Å². The zero-order valence-electron chi connectivity index (χ0n) is 12.4. The third-order valence-corrected chi connectivity index (χ3v) is 5.01. The van der Waals surface area contributed by atoms with Crippen molar-refractivity contribution in [1.82, 2.24) is 4.90 Å². The summed E-state index contributed by atoms with van der Waals surface area (Å²) in [5, 5.41) is 0. The van der Waals surface area contributed by atoms with E-state index in [4.69, 9.17) is 10.5 Å². The van der Waals surface area contributed by atoms with Crippen LogP contribution >= 0.6 is 15.9 Å². The van der Waals surface area contributed by atoms with Crippen LogP contribution in [0.15, 0.2) is 22.7 Å². The Labute approximate surface area is 130 Å². The van der Waals surface area contributed by atoms with Gasteiger partial charge >= 0.3 is 0 Å². The van der Waals surface area contributed by atoms with E-state index in [1.165, 1.54) is 31.2 Å². The van der Waals surface area contributed by atoms with Gasteiger partial charge in [0.25, 0.3) is 0 Å². The topological polar surface area (TPSA) is 38.5 Å². The number of ether oxygens (including phenoxy) is 1. The summed E-state index contributed by atoms with van der Waals surface area (Å²) in [7, 11) is 3.91. The van der Waals surface area contributed by atoms with E-state index in [2.05, 4.69) is 40.0 Å². The van der Waals surface area contributed by atoms with Gasteiger partial charge in [0.1, 0.15) is 5.75 Å². The first-order chi connectivity index (χ1) is 9.65. The lowest BCUT2D eigenvalue weighted by atomic mass is 9.83. The molecule has 0 heterocycles. The van der Waals surface area contributed by atoms with Crippen molar-refractivity contribution < 1.29 is 4.74 Å². The van der Waals surface area contributed by atoms with Crippen molar-refractivity contribution >= 4 is 15.9 Å². The second-order valence-electron chi connectivity index (χ2n) is 5.73. The van der Waals surface area contributed by atoms with Crippen LogP contribution in [-0.2, 0) is 6.54 Å². The van der Waals surface area contributed by atoms with Crippen LogP contribution < -0.4 is 10.5 Å². The minimum absolute atomic E-state index is 0.620. The van der Waals surface area contributed by atoms with Gasteiger partial charge in [-0.15, -0.1) is 0 Å². The molecular weight excluding hydrogens is 316 g/mol. The first-order valence-electron chi connectivity index (χ1n) is 7.38. The quantitative estimate of drug-likeness (QED) is 0.892. The van der Waals surface area contributed by atoms with Crippen molar-refractivity contribution in [3.8, 4) is 5.75 Å². The summed E-state index contributed by atoms with van der Waals surface area (Å²) in [6, 6.07) is 6.93. The van der Waals surface area contributed by atoms with E-state index in [1.54, 1.807) is 7.11 Å². The summed E-state index contributed by atoms with van der Waals surface area (Å²) in [5.41, 5.74) is 7.24. The normalized spacial score (nSPS) is 23.1. The molecule has 0 bridgehead atoms. The van der Waals surface area contributed by atoms with E-state index in [0.717, 1.165) is 23.3 Å². The molecule has 20 heavy (non-hydrogen) atoms. The number of nitrogens with two attached hydrogens (primary N) is 1. The molecule has 2 rings (SSSR count). The molecule has 3 nitrogen and oxygen atoms in total. The molecule has 2 N–H and O–H groups in total. The molecule has 1 saturated carbocycles. The van der Waals surface area contributed by atoms with E-state index >= 15 is 0 Å². The number of hydrogen-bond acceptors (Lipinski definition) is 3.